The second kappa shape index (κ2) is 8.47. The molecule has 8 nitrogen and oxygen atoms in total. The Labute approximate surface area is 167 Å². The number of nitrogens with one attached hydrogen (secondary N) is 1. The lowest BCUT2D eigenvalue weighted by atomic mass is 10.1. The van der Waals surface area contributed by atoms with Crippen LogP contribution in [0.15, 0.2) is 52.9 Å². The number of rotatable bonds is 7. The molecule has 150 valence electrons. The van der Waals surface area contributed by atoms with Gasteiger partial charge in [-0.1, -0.05) is 12.1 Å². The van der Waals surface area contributed by atoms with Crippen LogP contribution in [0.3, 0.4) is 0 Å². The molecule has 0 fully saturated rings. The zero-order chi connectivity index (χ0) is 21.0. The predicted molar refractivity (Wildman–Crippen MR) is 107 cm³/mol. The number of ether oxygens (including phenoxy) is 2. The van der Waals surface area contributed by atoms with Crippen LogP contribution in [0.1, 0.15) is 27.4 Å². The second-order valence-electron chi connectivity index (χ2n) is 6.42. The molecule has 1 amide bonds. The lowest BCUT2D eigenvalue weighted by molar-refractivity contribution is -0.384. The van der Waals surface area contributed by atoms with Gasteiger partial charge in [0.2, 0.25) is 0 Å². The van der Waals surface area contributed by atoms with Gasteiger partial charge in [0.05, 0.1) is 18.1 Å². The van der Waals surface area contributed by atoms with Crippen LogP contribution in [0, 0.1) is 24.0 Å². The summed E-state index contributed by atoms with van der Waals surface area (Å²) < 4.78 is 16.3. The van der Waals surface area contributed by atoms with Gasteiger partial charge in [0, 0.05) is 0 Å². The average molecular weight is 396 g/mol. The summed E-state index contributed by atoms with van der Waals surface area (Å²) in [4.78, 5) is 23.1. The van der Waals surface area contributed by atoms with Crippen molar-refractivity contribution in [3.8, 4) is 11.5 Å². The average Bonchev–Trinajstić information content (AvgIpc) is 3.18. The van der Waals surface area contributed by atoms with Gasteiger partial charge in [0.25, 0.3) is 11.6 Å². The number of nitrogens with zero attached hydrogens (tertiary/aromatic N) is 1. The van der Waals surface area contributed by atoms with Crippen molar-refractivity contribution >= 4 is 17.3 Å². The Balaban J connectivity index is 1.70. The van der Waals surface area contributed by atoms with E-state index in [4.69, 9.17) is 13.9 Å². The molecule has 0 radical (unpaired) electrons. The number of methoxy groups -OCH3 is 1. The fourth-order valence-corrected chi connectivity index (χ4v) is 2.67. The van der Waals surface area contributed by atoms with Crippen molar-refractivity contribution in [3.63, 3.8) is 0 Å². The van der Waals surface area contributed by atoms with Crippen LogP contribution in [0.25, 0.3) is 0 Å². The number of furan rings is 1. The third-order valence-electron chi connectivity index (χ3n) is 4.25. The van der Waals surface area contributed by atoms with Gasteiger partial charge in [-0.25, -0.2) is 0 Å². The Kier molecular flexibility index (Phi) is 5.82. The molecule has 0 bridgehead atoms. The number of carbonyl (C=O) groups excluding carboxylic acids is 1. The van der Waals surface area contributed by atoms with Crippen molar-refractivity contribution in [2.45, 2.75) is 20.5 Å². The van der Waals surface area contributed by atoms with Gasteiger partial charge in [-0.15, -0.1) is 0 Å². The zero-order valence-electron chi connectivity index (χ0n) is 16.2. The number of benzene rings is 2. The van der Waals surface area contributed by atoms with Gasteiger partial charge < -0.3 is 19.2 Å². The van der Waals surface area contributed by atoms with Gasteiger partial charge in [-0.2, -0.15) is 0 Å². The Morgan fingerprint density at radius 1 is 1.14 bits per heavy atom. The van der Waals surface area contributed by atoms with Gasteiger partial charge in [0.1, 0.15) is 29.6 Å². The summed E-state index contributed by atoms with van der Waals surface area (Å²) in [6.45, 7) is 4.07. The first-order valence-electron chi connectivity index (χ1n) is 8.80. The fourth-order valence-electron chi connectivity index (χ4n) is 2.67. The minimum Gasteiger partial charge on any atom is -0.496 e. The van der Waals surface area contributed by atoms with Crippen LogP contribution < -0.4 is 14.8 Å². The Morgan fingerprint density at radius 2 is 1.93 bits per heavy atom. The first kappa shape index (κ1) is 19.9. The number of anilines is 1. The number of hydrogen-bond acceptors (Lipinski definition) is 6. The molecule has 1 aromatic heterocycles. The normalized spacial score (nSPS) is 10.4. The molecule has 1 N–H and O–H groups in total. The number of nitro benzene ring substituents is 1. The van der Waals surface area contributed by atoms with Gasteiger partial charge in [-0.3, -0.25) is 14.9 Å². The van der Waals surface area contributed by atoms with Crippen molar-refractivity contribution in [1.29, 1.82) is 0 Å². The topological polar surface area (TPSA) is 104 Å². The summed E-state index contributed by atoms with van der Waals surface area (Å²) >= 11 is 0. The smallest absolute Gasteiger partial charge is 0.296 e. The molecule has 3 rings (SSSR count). The van der Waals surface area contributed by atoms with E-state index < -0.39 is 10.8 Å². The summed E-state index contributed by atoms with van der Waals surface area (Å²) in [5, 5.41) is 13.7. The third kappa shape index (κ3) is 4.73. The predicted octanol–water partition coefficient (Wildman–Crippen LogP) is 4.64. The lowest BCUT2D eigenvalue weighted by Gasteiger charge is -2.08. The van der Waals surface area contributed by atoms with Crippen LogP contribution >= 0.6 is 0 Å². The van der Waals surface area contributed by atoms with Crippen molar-refractivity contribution in [2.75, 3.05) is 12.4 Å². The second-order valence-corrected chi connectivity index (χ2v) is 6.42. The van der Waals surface area contributed by atoms with Gasteiger partial charge in [-0.05, 0) is 55.3 Å². The number of amides is 1. The molecule has 1 heterocycles. The molecule has 0 spiro atoms. The van der Waals surface area contributed by atoms with E-state index in [1.807, 2.05) is 32.0 Å². The van der Waals surface area contributed by atoms with Gasteiger partial charge >= 0.3 is 0 Å². The molecule has 0 aliphatic rings. The van der Waals surface area contributed by atoms with E-state index in [1.165, 1.54) is 31.4 Å². The highest BCUT2D eigenvalue weighted by molar-refractivity contribution is 6.03. The molecule has 2 aromatic carbocycles. The third-order valence-corrected chi connectivity index (χ3v) is 4.25. The van der Waals surface area contributed by atoms with Crippen LogP contribution in [0.5, 0.6) is 11.5 Å². The Hall–Kier alpha value is -3.81. The van der Waals surface area contributed by atoms with Crippen molar-refractivity contribution < 1.29 is 23.6 Å². The SMILES string of the molecule is COc1ccc(NC(=O)c2ccc(COc3cc(C)ccc3C)o2)c([N+](=O)[O-])c1. The van der Waals surface area contributed by atoms with Gasteiger partial charge in [0.15, 0.2) is 5.76 Å². The van der Waals surface area contributed by atoms with Crippen LogP contribution in [0.4, 0.5) is 11.4 Å². The maximum Gasteiger partial charge on any atom is 0.296 e. The summed E-state index contributed by atoms with van der Waals surface area (Å²) in [5.41, 5.74) is 1.84. The maximum absolute atomic E-state index is 12.4. The maximum atomic E-state index is 12.4. The number of carbonyl (C=O) groups is 1. The Morgan fingerprint density at radius 3 is 2.66 bits per heavy atom. The quantitative estimate of drug-likeness (QED) is 0.461. The first-order valence-corrected chi connectivity index (χ1v) is 8.80. The van der Waals surface area contributed by atoms with Crippen molar-refractivity contribution in [2.24, 2.45) is 0 Å². The van der Waals surface area contributed by atoms with E-state index in [0.29, 0.717) is 11.5 Å². The number of nitro groups is 1. The molecule has 3 aromatic rings. The van der Waals surface area contributed by atoms with Crippen LogP contribution in [0.2, 0.25) is 0 Å². The van der Waals surface area contributed by atoms with E-state index in [0.717, 1.165) is 16.9 Å². The summed E-state index contributed by atoms with van der Waals surface area (Å²) in [7, 11) is 1.40. The van der Waals surface area contributed by atoms with Crippen LogP contribution in [-0.2, 0) is 6.61 Å². The lowest BCUT2D eigenvalue weighted by Crippen LogP contribution is -2.12. The molecule has 0 unspecified atom stereocenters. The number of aryl methyl sites for hydroxylation is 2. The molecule has 29 heavy (non-hydrogen) atoms. The molecule has 0 aliphatic carbocycles. The minimum absolute atomic E-state index is 0.0229. The van der Waals surface area contributed by atoms with E-state index in [1.54, 1.807) is 6.07 Å². The largest absolute Gasteiger partial charge is 0.496 e. The van der Waals surface area contributed by atoms with E-state index >= 15 is 0 Å². The molecular weight excluding hydrogens is 376 g/mol. The standard InChI is InChI=1S/C21H20N2O6/c1-13-4-5-14(2)20(10-13)28-12-16-7-9-19(29-16)21(24)22-17-8-6-15(27-3)11-18(17)23(25)26/h4-11H,12H2,1-3H3,(H,22,24). The van der Waals surface area contributed by atoms with Crippen LogP contribution in [-0.4, -0.2) is 17.9 Å². The minimum atomic E-state index is -0.601. The van der Waals surface area contributed by atoms with E-state index in [9.17, 15) is 14.9 Å². The molecule has 0 aliphatic heterocycles. The zero-order valence-corrected chi connectivity index (χ0v) is 16.2. The van der Waals surface area contributed by atoms with Crippen molar-refractivity contribution in [3.05, 3.63) is 81.3 Å². The highest BCUT2D eigenvalue weighted by Crippen LogP contribution is 2.29. The van der Waals surface area contributed by atoms with E-state index in [-0.39, 0.29) is 23.7 Å². The summed E-state index contributed by atoms with van der Waals surface area (Å²) in [6, 6.07) is 13.2. The fraction of sp³-hybridized carbons (Fsp3) is 0.190. The summed E-state index contributed by atoms with van der Waals surface area (Å²) in [6.07, 6.45) is 0. The highest BCUT2D eigenvalue weighted by atomic mass is 16.6. The molecule has 0 saturated carbocycles. The van der Waals surface area contributed by atoms with Crippen molar-refractivity contribution in [1.82, 2.24) is 0 Å². The highest BCUT2D eigenvalue weighted by Gasteiger charge is 2.19. The first-order chi connectivity index (χ1) is 13.9. The Bertz CT molecular complexity index is 1060. The molecular formula is C21H20N2O6. The summed E-state index contributed by atoms with van der Waals surface area (Å²) in [5.74, 6) is 0.936. The molecule has 8 heteroatoms. The number of hydrogen-bond donors (Lipinski definition) is 1. The van der Waals surface area contributed by atoms with E-state index in [2.05, 4.69) is 5.32 Å². The monoisotopic (exact) mass is 396 g/mol. The molecule has 0 atom stereocenters. The molecule has 0 saturated heterocycles.